The van der Waals surface area contributed by atoms with Crippen molar-refractivity contribution < 1.29 is 4.42 Å². The lowest BCUT2D eigenvalue weighted by Gasteiger charge is -2.18. The fraction of sp³-hybridized carbons (Fsp3) is 0.667. The highest BCUT2D eigenvalue weighted by molar-refractivity contribution is 5.17. The Morgan fingerprint density at radius 3 is 2.64 bits per heavy atom. The third-order valence-corrected chi connectivity index (χ3v) is 2.55. The van der Waals surface area contributed by atoms with Gasteiger partial charge in [-0.1, -0.05) is 13.3 Å². The lowest BCUT2D eigenvalue weighted by atomic mass is 10.1. The van der Waals surface area contributed by atoms with Crippen molar-refractivity contribution in [3.63, 3.8) is 0 Å². The van der Waals surface area contributed by atoms with Crippen molar-refractivity contribution in [2.75, 3.05) is 0 Å². The molecule has 0 aliphatic rings. The summed E-state index contributed by atoms with van der Waals surface area (Å²) in [6, 6.07) is 2.88. The van der Waals surface area contributed by atoms with Gasteiger partial charge in [0.1, 0.15) is 5.76 Å². The highest BCUT2D eigenvalue weighted by Gasteiger charge is 2.13. The highest BCUT2D eigenvalue weighted by atomic mass is 16.3. The zero-order chi connectivity index (χ0) is 10.6. The second-order valence-corrected chi connectivity index (χ2v) is 4.05. The van der Waals surface area contributed by atoms with Crippen molar-refractivity contribution in [2.24, 2.45) is 0 Å². The molecule has 2 nitrogen and oxygen atoms in total. The summed E-state index contributed by atoms with van der Waals surface area (Å²) < 4.78 is 5.44. The van der Waals surface area contributed by atoms with E-state index < -0.39 is 0 Å². The maximum atomic E-state index is 5.44. The molecular weight excluding hydrogens is 174 g/mol. The topological polar surface area (TPSA) is 25.2 Å². The van der Waals surface area contributed by atoms with Gasteiger partial charge >= 0.3 is 0 Å². The van der Waals surface area contributed by atoms with Gasteiger partial charge in [-0.15, -0.1) is 0 Å². The number of rotatable bonds is 5. The Morgan fingerprint density at radius 1 is 1.43 bits per heavy atom. The first-order valence-corrected chi connectivity index (χ1v) is 5.45. The minimum atomic E-state index is 0.312. The molecular formula is C12H21NO. The van der Waals surface area contributed by atoms with E-state index >= 15 is 0 Å². The third-order valence-electron chi connectivity index (χ3n) is 2.55. The first kappa shape index (κ1) is 11.3. The zero-order valence-electron chi connectivity index (χ0n) is 9.63. The van der Waals surface area contributed by atoms with Crippen LogP contribution in [-0.2, 0) is 0 Å². The molecule has 1 N–H and O–H groups in total. The molecule has 14 heavy (non-hydrogen) atoms. The van der Waals surface area contributed by atoms with E-state index in [-0.39, 0.29) is 0 Å². The molecule has 2 unspecified atom stereocenters. The first-order valence-electron chi connectivity index (χ1n) is 5.45. The van der Waals surface area contributed by atoms with Crippen LogP contribution in [0, 0.1) is 6.92 Å². The number of hydrogen-bond donors (Lipinski definition) is 1. The Balaban J connectivity index is 2.50. The molecule has 1 aromatic heterocycles. The molecule has 0 amide bonds. The van der Waals surface area contributed by atoms with Crippen molar-refractivity contribution in [1.82, 2.24) is 5.32 Å². The number of furan rings is 1. The standard InChI is InChI=1S/C12H21NO/c1-5-6-10(3)13-11(4)12-9(2)7-8-14-12/h7-8,10-11,13H,5-6H2,1-4H3. The van der Waals surface area contributed by atoms with Gasteiger partial charge in [-0.05, 0) is 38.8 Å². The fourth-order valence-corrected chi connectivity index (χ4v) is 1.85. The van der Waals surface area contributed by atoms with Crippen LogP contribution in [-0.4, -0.2) is 6.04 Å². The summed E-state index contributed by atoms with van der Waals surface area (Å²) >= 11 is 0. The largest absolute Gasteiger partial charge is 0.467 e. The van der Waals surface area contributed by atoms with Crippen LogP contribution in [0.4, 0.5) is 0 Å². The highest BCUT2D eigenvalue weighted by Crippen LogP contribution is 2.18. The summed E-state index contributed by atoms with van der Waals surface area (Å²) in [4.78, 5) is 0. The van der Waals surface area contributed by atoms with Gasteiger partial charge in [-0.2, -0.15) is 0 Å². The van der Waals surface area contributed by atoms with Gasteiger partial charge in [0.15, 0.2) is 0 Å². The van der Waals surface area contributed by atoms with Crippen LogP contribution in [0.3, 0.4) is 0 Å². The van der Waals surface area contributed by atoms with Crippen LogP contribution in [0.15, 0.2) is 16.7 Å². The number of nitrogens with one attached hydrogen (secondary N) is 1. The maximum absolute atomic E-state index is 5.44. The van der Waals surface area contributed by atoms with E-state index in [2.05, 4.69) is 33.0 Å². The second kappa shape index (κ2) is 5.20. The Labute approximate surface area is 86.7 Å². The average molecular weight is 195 g/mol. The van der Waals surface area contributed by atoms with Crippen LogP contribution in [0.1, 0.15) is 51.0 Å². The van der Waals surface area contributed by atoms with Crippen molar-refractivity contribution in [3.8, 4) is 0 Å². The second-order valence-electron chi connectivity index (χ2n) is 4.05. The zero-order valence-corrected chi connectivity index (χ0v) is 9.63. The lowest BCUT2D eigenvalue weighted by molar-refractivity contribution is 0.385. The Hall–Kier alpha value is -0.760. The third kappa shape index (κ3) is 2.88. The molecule has 2 atom stereocenters. The quantitative estimate of drug-likeness (QED) is 0.778. The minimum Gasteiger partial charge on any atom is -0.467 e. The SMILES string of the molecule is CCCC(C)NC(C)c1occc1C. The lowest BCUT2D eigenvalue weighted by Crippen LogP contribution is -2.28. The summed E-state index contributed by atoms with van der Waals surface area (Å²) in [6.07, 6.45) is 4.19. The molecule has 80 valence electrons. The van der Waals surface area contributed by atoms with Crippen LogP contribution in [0.2, 0.25) is 0 Å². The molecule has 1 rings (SSSR count). The molecule has 0 saturated heterocycles. The van der Waals surface area contributed by atoms with E-state index in [1.807, 2.05) is 6.07 Å². The summed E-state index contributed by atoms with van der Waals surface area (Å²) in [7, 11) is 0. The Kier molecular flexibility index (Phi) is 4.21. The molecule has 1 aromatic rings. The molecule has 0 aliphatic carbocycles. The Bertz CT molecular complexity index is 267. The molecule has 0 aliphatic heterocycles. The van der Waals surface area contributed by atoms with Gasteiger partial charge in [0.25, 0.3) is 0 Å². The summed E-state index contributed by atoms with van der Waals surface area (Å²) in [5, 5.41) is 3.53. The molecule has 0 saturated carbocycles. The van der Waals surface area contributed by atoms with Gasteiger partial charge in [-0.3, -0.25) is 0 Å². The van der Waals surface area contributed by atoms with Crippen LogP contribution >= 0.6 is 0 Å². The van der Waals surface area contributed by atoms with Gasteiger partial charge in [0.05, 0.1) is 12.3 Å². The molecule has 0 radical (unpaired) electrons. The van der Waals surface area contributed by atoms with Gasteiger partial charge < -0.3 is 9.73 Å². The number of hydrogen-bond acceptors (Lipinski definition) is 2. The smallest absolute Gasteiger partial charge is 0.123 e. The van der Waals surface area contributed by atoms with Crippen molar-refractivity contribution >= 4 is 0 Å². The average Bonchev–Trinajstić information content (AvgIpc) is 2.51. The molecule has 2 heteroatoms. The summed E-state index contributed by atoms with van der Waals surface area (Å²) in [5.74, 6) is 1.06. The minimum absolute atomic E-state index is 0.312. The van der Waals surface area contributed by atoms with E-state index in [4.69, 9.17) is 4.42 Å². The summed E-state index contributed by atoms with van der Waals surface area (Å²) in [5.41, 5.74) is 1.23. The maximum Gasteiger partial charge on any atom is 0.123 e. The van der Waals surface area contributed by atoms with E-state index in [1.165, 1.54) is 18.4 Å². The Morgan fingerprint density at radius 2 is 2.14 bits per heavy atom. The van der Waals surface area contributed by atoms with Gasteiger partial charge in [0, 0.05) is 6.04 Å². The molecule has 0 spiro atoms. The van der Waals surface area contributed by atoms with Gasteiger partial charge in [-0.25, -0.2) is 0 Å². The summed E-state index contributed by atoms with van der Waals surface area (Å²) in [6.45, 7) is 8.67. The fourth-order valence-electron chi connectivity index (χ4n) is 1.85. The normalized spacial score (nSPS) is 15.4. The van der Waals surface area contributed by atoms with Crippen molar-refractivity contribution in [2.45, 2.75) is 52.6 Å². The predicted octanol–water partition coefficient (Wildman–Crippen LogP) is 3.43. The number of aryl methyl sites for hydroxylation is 1. The first-order chi connectivity index (χ1) is 6.65. The van der Waals surface area contributed by atoms with Crippen LogP contribution in [0.25, 0.3) is 0 Å². The van der Waals surface area contributed by atoms with Crippen LogP contribution in [0.5, 0.6) is 0 Å². The van der Waals surface area contributed by atoms with Crippen molar-refractivity contribution in [3.05, 3.63) is 23.7 Å². The monoisotopic (exact) mass is 195 g/mol. The van der Waals surface area contributed by atoms with E-state index in [0.29, 0.717) is 12.1 Å². The molecule has 0 fully saturated rings. The van der Waals surface area contributed by atoms with Crippen LogP contribution < -0.4 is 5.32 Å². The molecule has 0 bridgehead atoms. The molecule has 1 heterocycles. The molecule has 0 aromatic carbocycles. The van der Waals surface area contributed by atoms with E-state index in [0.717, 1.165) is 5.76 Å². The van der Waals surface area contributed by atoms with Crippen molar-refractivity contribution in [1.29, 1.82) is 0 Å². The van der Waals surface area contributed by atoms with E-state index in [1.54, 1.807) is 6.26 Å². The predicted molar refractivity (Wildman–Crippen MR) is 59.4 cm³/mol. The van der Waals surface area contributed by atoms with E-state index in [9.17, 15) is 0 Å². The van der Waals surface area contributed by atoms with Gasteiger partial charge in [0.2, 0.25) is 0 Å².